The molecule has 182 valence electrons. The third kappa shape index (κ3) is 4.40. The third-order valence-electron chi connectivity index (χ3n) is 7.42. The molecule has 0 bridgehead atoms. The molecular formula is C25H30N8O2. The number of aryl methyl sites for hydroxylation is 1. The molecule has 3 aromatic heterocycles. The number of rotatable bonds is 6. The molecule has 35 heavy (non-hydrogen) atoms. The molecule has 2 aliphatic carbocycles. The number of hydrogen-bond donors (Lipinski definition) is 4. The number of hydrogen-bond acceptors (Lipinski definition) is 7. The number of amides is 1. The van der Waals surface area contributed by atoms with E-state index in [1.807, 2.05) is 4.90 Å². The maximum Gasteiger partial charge on any atom is 0.248 e. The number of aromatic nitrogens is 5. The summed E-state index contributed by atoms with van der Waals surface area (Å²) in [6.45, 7) is 0.718. The second kappa shape index (κ2) is 9.16. The van der Waals surface area contributed by atoms with E-state index in [2.05, 4.69) is 31.9 Å². The fourth-order valence-corrected chi connectivity index (χ4v) is 5.61. The minimum absolute atomic E-state index is 0.123. The van der Waals surface area contributed by atoms with Crippen LogP contribution in [-0.2, 0) is 17.6 Å². The lowest BCUT2D eigenvalue weighted by molar-refractivity contribution is -0.117. The van der Waals surface area contributed by atoms with Crippen molar-refractivity contribution in [2.24, 2.45) is 0 Å². The quantitative estimate of drug-likeness (QED) is 0.431. The number of carbonyl (C=O) groups excluding carboxylic acids is 1. The summed E-state index contributed by atoms with van der Waals surface area (Å²) in [7, 11) is 0. The Bertz CT molecular complexity index is 1270. The minimum Gasteiger partial charge on any atom is -0.329 e. The lowest BCUT2D eigenvalue weighted by Crippen LogP contribution is -2.40. The zero-order valence-electron chi connectivity index (χ0n) is 19.6. The van der Waals surface area contributed by atoms with Gasteiger partial charge < -0.3 is 20.5 Å². The molecule has 1 saturated carbocycles. The number of H-pyrrole nitrogens is 2. The molecule has 1 aliphatic heterocycles. The van der Waals surface area contributed by atoms with Crippen molar-refractivity contribution in [3.8, 4) is 0 Å². The van der Waals surface area contributed by atoms with Gasteiger partial charge >= 0.3 is 0 Å². The second-order valence-corrected chi connectivity index (χ2v) is 9.75. The van der Waals surface area contributed by atoms with Crippen molar-refractivity contribution in [1.29, 1.82) is 0 Å². The molecule has 4 heterocycles. The predicted molar refractivity (Wildman–Crippen MR) is 133 cm³/mol. The Balaban J connectivity index is 1.24. The van der Waals surface area contributed by atoms with E-state index in [0.29, 0.717) is 17.6 Å². The van der Waals surface area contributed by atoms with Crippen molar-refractivity contribution in [2.75, 3.05) is 22.1 Å². The average Bonchev–Trinajstić information content (AvgIpc) is 3.67. The van der Waals surface area contributed by atoms with Crippen molar-refractivity contribution in [3.05, 3.63) is 51.7 Å². The number of pyridine rings is 1. The highest BCUT2D eigenvalue weighted by molar-refractivity contribution is 5.96. The summed E-state index contributed by atoms with van der Waals surface area (Å²) < 4.78 is 0. The smallest absolute Gasteiger partial charge is 0.248 e. The van der Waals surface area contributed by atoms with Gasteiger partial charge in [-0.15, -0.1) is 0 Å². The van der Waals surface area contributed by atoms with Crippen molar-refractivity contribution >= 4 is 29.2 Å². The van der Waals surface area contributed by atoms with Crippen LogP contribution in [0, 0.1) is 0 Å². The molecule has 0 radical (unpaired) electrons. The molecule has 10 heteroatoms. The summed E-state index contributed by atoms with van der Waals surface area (Å²) in [5, 5.41) is 14.1. The van der Waals surface area contributed by atoms with Crippen LogP contribution in [0.1, 0.15) is 67.8 Å². The van der Waals surface area contributed by atoms with Crippen LogP contribution < -0.4 is 21.1 Å². The molecule has 6 rings (SSSR count). The third-order valence-corrected chi connectivity index (χ3v) is 7.42. The van der Waals surface area contributed by atoms with Gasteiger partial charge in [-0.25, -0.2) is 4.98 Å². The van der Waals surface area contributed by atoms with Crippen LogP contribution in [0.3, 0.4) is 0 Å². The van der Waals surface area contributed by atoms with Crippen LogP contribution in [-0.4, -0.2) is 43.6 Å². The SMILES string of the molecule is O=C(Nc1ccc(=O)[nH]c1)[C@@H]1CCCN1c1nc2c(c(Nc3cc(C4CCCC4)[nH]n3)n1)CCC2. The lowest BCUT2D eigenvalue weighted by atomic mass is 10.0. The van der Waals surface area contributed by atoms with Crippen molar-refractivity contribution < 1.29 is 4.79 Å². The highest BCUT2D eigenvalue weighted by Crippen LogP contribution is 2.35. The predicted octanol–water partition coefficient (Wildman–Crippen LogP) is 3.39. The lowest BCUT2D eigenvalue weighted by Gasteiger charge is -2.25. The van der Waals surface area contributed by atoms with E-state index in [0.717, 1.165) is 61.5 Å². The van der Waals surface area contributed by atoms with Gasteiger partial charge in [0.2, 0.25) is 17.4 Å². The molecule has 0 unspecified atom stereocenters. The fraction of sp³-hybridized carbons (Fsp3) is 0.480. The summed E-state index contributed by atoms with van der Waals surface area (Å²) in [5.41, 5.74) is 3.75. The zero-order chi connectivity index (χ0) is 23.8. The average molecular weight is 475 g/mol. The first-order valence-electron chi connectivity index (χ1n) is 12.6. The minimum atomic E-state index is -0.367. The second-order valence-electron chi connectivity index (χ2n) is 9.75. The molecule has 0 spiro atoms. The molecule has 10 nitrogen and oxygen atoms in total. The van der Waals surface area contributed by atoms with Gasteiger partial charge in [0.25, 0.3) is 0 Å². The van der Waals surface area contributed by atoms with Gasteiger partial charge in [-0.1, -0.05) is 12.8 Å². The molecule has 3 aliphatic rings. The molecule has 3 aromatic rings. The largest absolute Gasteiger partial charge is 0.329 e. The summed E-state index contributed by atoms with van der Waals surface area (Å²) >= 11 is 0. The molecule has 2 fully saturated rings. The molecule has 1 atom stereocenters. The highest BCUT2D eigenvalue weighted by Gasteiger charge is 2.34. The monoisotopic (exact) mass is 474 g/mol. The van der Waals surface area contributed by atoms with Crippen LogP contribution in [0.4, 0.5) is 23.3 Å². The number of anilines is 4. The Morgan fingerprint density at radius 3 is 2.77 bits per heavy atom. The molecule has 0 aromatic carbocycles. The van der Waals surface area contributed by atoms with Crippen LogP contribution in [0.2, 0.25) is 0 Å². The van der Waals surface area contributed by atoms with Crippen LogP contribution in [0.5, 0.6) is 0 Å². The van der Waals surface area contributed by atoms with Gasteiger partial charge in [0, 0.05) is 42.0 Å². The molecular weight excluding hydrogens is 444 g/mol. The molecule has 1 saturated heterocycles. The Kier molecular flexibility index (Phi) is 5.71. The maximum atomic E-state index is 13.1. The summed E-state index contributed by atoms with van der Waals surface area (Å²) in [5.74, 6) is 2.59. The van der Waals surface area contributed by atoms with Crippen LogP contribution in [0.15, 0.2) is 29.2 Å². The molecule has 4 N–H and O–H groups in total. The number of nitrogens with one attached hydrogen (secondary N) is 4. The number of fused-ring (bicyclic) bond motifs is 1. The van der Waals surface area contributed by atoms with Crippen molar-refractivity contribution in [1.82, 2.24) is 25.1 Å². The Hall–Kier alpha value is -3.69. The fourth-order valence-electron chi connectivity index (χ4n) is 5.61. The number of aromatic amines is 2. The van der Waals surface area contributed by atoms with Gasteiger partial charge in [0.05, 0.1) is 11.4 Å². The van der Waals surface area contributed by atoms with E-state index in [9.17, 15) is 9.59 Å². The Morgan fingerprint density at radius 2 is 1.94 bits per heavy atom. The number of carbonyl (C=O) groups is 1. The van der Waals surface area contributed by atoms with E-state index < -0.39 is 0 Å². The summed E-state index contributed by atoms with van der Waals surface area (Å²) in [4.78, 5) is 38.8. The van der Waals surface area contributed by atoms with E-state index in [1.54, 1.807) is 6.07 Å². The van der Waals surface area contributed by atoms with Crippen LogP contribution in [0.25, 0.3) is 0 Å². The van der Waals surface area contributed by atoms with Gasteiger partial charge in [0.1, 0.15) is 11.9 Å². The summed E-state index contributed by atoms with van der Waals surface area (Å²) in [6.07, 6.45) is 11.0. The number of nitrogens with zero attached hydrogens (tertiary/aromatic N) is 4. The van der Waals surface area contributed by atoms with Gasteiger partial charge in [-0.05, 0) is 51.0 Å². The Morgan fingerprint density at radius 1 is 1.06 bits per heavy atom. The van der Waals surface area contributed by atoms with E-state index in [1.165, 1.54) is 43.6 Å². The maximum absolute atomic E-state index is 13.1. The van der Waals surface area contributed by atoms with Crippen molar-refractivity contribution in [2.45, 2.75) is 69.7 Å². The first-order valence-corrected chi connectivity index (χ1v) is 12.6. The first-order chi connectivity index (χ1) is 17.1. The normalized spacial score (nSPS) is 19.8. The Labute approximate surface area is 203 Å². The van der Waals surface area contributed by atoms with E-state index >= 15 is 0 Å². The van der Waals surface area contributed by atoms with Gasteiger partial charge in [-0.2, -0.15) is 10.1 Å². The summed E-state index contributed by atoms with van der Waals surface area (Å²) in [6, 6.07) is 4.74. The highest BCUT2D eigenvalue weighted by atomic mass is 16.2. The van der Waals surface area contributed by atoms with E-state index in [4.69, 9.17) is 9.97 Å². The zero-order valence-corrected chi connectivity index (χ0v) is 19.6. The van der Waals surface area contributed by atoms with Gasteiger partial charge in [0.15, 0.2) is 5.82 Å². The van der Waals surface area contributed by atoms with Crippen LogP contribution >= 0.6 is 0 Å². The standard InChI is InChI=1S/C25H30N8O2/c34-22-11-10-16(14-26-22)27-24(35)20-9-4-12-33(20)25-28-18-8-3-7-17(18)23(30-25)29-21-13-19(31-32-21)15-5-1-2-6-15/h10-11,13-15,20H,1-9,12H2,(H,26,34)(H,27,35)(H2,28,29,30,31,32)/t20-/m0/s1. The topological polar surface area (TPSA) is 132 Å². The molecule has 1 amide bonds. The van der Waals surface area contributed by atoms with Gasteiger partial charge in [-0.3, -0.25) is 14.7 Å². The van der Waals surface area contributed by atoms with Crippen molar-refractivity contribution in [3.63, 3.8) is 0 Å². The first kappa shape index (κ1) is 21.8. The van der Waals surface area contributed by atoms with E-state index in [-0.39, 0.29) is 17.5 Å².